The Bertz CT molecular complexity index is 417. The topological polar surface area (TPSA) is 29.3 Å². The molecule has 0 radical (unpaired) electrons. The summed E-state index contributed by atoms with van der Waals surface area (Å²) in [6.07, 6.45) is 13.5. The van der Waals surface area contributed by atoms with Gasteiger partial charge in [-0.15, -0.1) is 5.73 Å². The van der Waals surface area contributed by atoms with Gasteiger partial charge in [0.2, 0.25) is 0 Å². The van der Waals surface area contributed by atoms with Crippen molar-refractivity contribution in [2.24, 2.45) is 11.7 Å². The van der Waals surface area contributed by atoms with Crippen LogP contribution in [-0.4, -0.2) is 24.0 Å². The number of nitrogens with two attached hydrogens (primary N) is 1. The SMILES string of the molecule is CC.CC(C)CC(N)C1=CC=C(N2CCCCC2)C=C=C1. The van der Waals surface area contributed by atoms with E-state index in [1.807, 2.05) is 19.9 Å². The van der Waals surface area contributed by atoms with Crippen molar-refractivity contribution in [1.29, 1.82) is 0 Å². The molecule has 1 aliphatic carbocycles. The quantitative estimate of drug-likeness (QED) is 0.777. The third-order valence-corrected chi connectivity index (χ3v) is 3.80. The molecular formula is C19H32N2. The third kappa shape index (κ3) is 5.95. The number of piperidine rings is 1. The molecule has 0 aromatic rings. The Morgan fingerprint density at radius 2 is 1.76 bits per heavy atom. The van der Waals surface area contributed by atoms with Crippen molar-refractivity contribution in [2.45, 2.75) is 59.4 Å². The molecule has 2 rings (SSSR count). The summed E-state index contributed by atoms with van der Waals surface area (Å²) < 4.78 is 0. The summed E-state index contributed by atoms with van der Waals surface area (Å²) in [5, 5.41) is 0. The monoisotopic (exact) mass is 288 g/mol. The lowest BCUT2D eigenvalue weighted by molar-refractivity contribution is 0.293. The van der Waals surface area contributed by atoms with E-state index in [0.717, 1.165) is 6.42 Å². The first-order valence-electron chi connectivity index (χ1n) is 8.51. The molecule has 1 atom stereocenters. The van der Waals surface area contributed by atoms with E-state index in [0.29, 0.717) is 5.92 Å². The summed E-state index contributed by atoms with van der Waals surface area (Å²) >= 11 is 0. The van der Waals surface area contributed by atoms with Gasteiger partial charge >= 0.3 is 0 Å². The van der Waals surface area contributed by atoms with Crippen LogP contribution >= 0.6 is 0 Å². The number of rotatable bonds is 4. The van der Waals surface area contributed by atoms with Crippen molar-refractivity contribution >= 4 is 0 Å². The second-order valence-corrected chi connectivity index (χ2v) is 6.00. The summed E-state index contributed by atoms with van der Waals surface area (Å²) in [6.45, 7) is 10.8. The van der Waals surface area contributed by atoms with Crippen LogP contribution in [0.3, 0.4) is 0 Å². The normalized spacial score (nSPS) is 19.4. The van der Waals surface area contributed by atoms with E-state index in [9.17, 15) is 0 Å². The van der Waals surface area contributed by atoms with Gasteiger partial charge in [0, 0.05) is 30.9 Å². The molecule has 0 aromatic heterocycles. The van der Waals surface area contributed by atoms with Crippen LogP contribution in [0.2, 0.25) is 0 Å². The molecule has 1 fully saturated rings. The largest absolute Gasteiger partial charge is 0.371 e. The van der Waals surface area contributed by atoms with Gasteiger partial charge in [0.15, 0.2) is 0 Å². The van der Waals surface area contributed by atoms with E-state index >= 15 is 0 Å². The number of likely N-dealkylation sites (tertiary alicyclic amines) is 1. The van der Waals surface area contributed by atoms with E-state index in [1.54, 1.807) is 0 Å². The average Bonchev–Trinajstić information content (AvgIpc) is 2.75. The van der Waals surface area contributed by atoms with Crippen molar-refractivity contribution < 1.29 is 0 Å². The molecule has 1 aliphatic heterocycles. The molecule has 0 amide bonds. The van der Waals surface area contributed by atoms with Crippen LogP contribution in [0.25, 0.3) is 0 Å². The number of allylic oxidation sites excluding steroid dienone is 3. The molecule has 0 saturated carbocycles. The van der Waals surface area contributed by atoms with Crippen molar-refractivity contribution in [3.8, 4) is 0 Å². The molecule has 0 bridgehead atoms. The van der Waals surface area contributed by atoms with Crippen molar-refractivity contribution in [3.63, 3.8) is 0 Å². The van der Waals surface area contributed by atoms with Gasteiger partial charge in [-0.05, 0) is 49.3 Å². The average molecular weight is 288 g/mol. The summed E-state index contributed by atoms with van der Waals surface area (Å²) in [7, 11) is 0. The molecule has 1 heterocycles. The number of hydrogen-bond donors (Lipinski definition) is 1. The van der Waals surface area contributed by atoms with Crippen LogP contribution in [-0.2, 0) is 0 Å². The van der Waals surface area contributed by atoms with E-state index in [1.165, 1.54) is 43.6 Å². The van der Waals surface area contributed by atoms with Crippen molar-refractivity contribution in [3.05, 3.63) is 41.3 Å². The van der Waals surface area contributed by atoms with Crippen molar-refractivity contribution in [2.75, 3.05) is 13.1 Å². The van der Waals surface area contributed by atoms with Gasteiger partial charge < -0.3 is 10.6 Å². The lowest BCUT2D eigenvalue weighted by atomic mass is 9.97. The summed E-state index contributed by atoms with van der Waals surface area (Å²) in [5.74, 6) is 0.627. The molecule has 1 unspecified atom stereocenters. The maximum Gasteiger partial charge on any atom is 0.0444 e. The zero-order chi connectivity index (χ0) is 15.7. The van der Waals surface area contributed by atoms with Crippen molar-refractivity contribution in [1.82, 2.24) is 4.90 Å². The summed E-state index contributed by atoms with van der Waals surface area (Å²) in [6, 6.07) is 0.123. The van der Waals surface area contributed by atoms with Gasteiger partial charge in [-0.25, -0.2) is 0 Å². The third-order valence-electron chi connectivity index (χ3n) is 3.80. The Kier molecular flexibility index (Phi) is 8.19. The van der Waals surface area contributed by atoms with Crippen LogP contribution in [0.4, 0.5) is 0 Å². The van der Waals surface area contributed by atoms with E-state index < -0.39 is 0 Å². The first-order chi connectivity index (χ1) is 10.2. The highest BCUT2D eigenvalue weighted by atomic mass is 15.1. The fourth-order valence-electron chi connectivity index (χ4n) is 2.72. The van der Waals surface area contributed by atoms with E-state index in [2.05, 4.69) is 42.7 Å². The number of hydrogen-bond acceptors (Lipinski definition) is 2. The first-order valence-corrected chi connectivity index (χ1v) is 8.51. The van der Waals surface area contributed by atoms with Gasteiger partial charge in [-0.1, -0.05) is 33.8 Å². The smallest absolute Gasteiger partial charge is 0.0444 e. The standard InChI is InChI=1S/C17H26N2.C2H6/c1-14(2)13-17(18)15-7-6-8-16(10-9-15)19-11-4-3-5-12-19;1-2/h7-10,14,17H,3-5,11-13,18H2,1-2H3;1-2H3. The molecule has 1 saturated heterocycles. The molecule has 2 aliphatic rings. The zero-order valence-electron chi connectivity index (χ0n) is 14.2. The van der Waals surface area contributed by atoms with E-state index in [-0.39, 0.29) is 6.04 Å². The molecule has 0 spiro atoms. The van der Waals surface area contributed by atoms with E-state index in [4.69, 9.17) is 5.73 Å². The van der Waals surface area contributed by atoms with Crippen LogP contribution in [0.5, 0.6) is 0 Å². The fraction of sp³-hybridized carbons (Fsp3) is 0.632. The highest BCUT2D eigenvalue weighted by Crippen LogP contribution is 2.19. The van der Waals surface area contributed by atoms with Crippen LogP contribution in [0.15, 0.2) is 41.3 Å². The zero-order valence-corrected chi connectivity index (χ0v) is 14.2. The highest BCUT2D eigenvalue weighted by molar-refractivity contribution is 5.36. The minimum Gasteiger partial charge on any atom is -0.371 e. The Balaban J connectivity index is 0.00000106. The van der Waals surface area contributed by atoms with Gasteiger partial charge in [0.1, 0.15) is 0 Å². The molecule has 0 aromatic carbocycles. The predicted octanol–water partition coefficient (Wildman–Crippen LogP) is 4.41. The fourth-order valence-corrected chi connectivity index (χ4v) is 2.72. The predicted molar refractivity (Wildman–Crippen MR) is 93.0 cm³/mol. The van der Waals surface area contributed by atoms with Crippen LogP contribution < -0.4 is 5.73 Å². The Morgan fingerprint density at radius 1 is 1.10 bits per heavy atom. The molecule has 2 N–H and O–H groups in total. The molecule has 118 valence electrons. The Labute approximate surface area is 131 Å². The maximum atomic E-state index is 6.25. The molecule has 2 nitrogen and oxygen atoms in total. The highest BCUT2D eigenvalue weighted by Gasteiger charge is 2.13. The summed E-state index contributed by atoms with van der Waals surface area (Å²) in [5.41, 5.74) is 12.0. The van der Waals surface area contributed by atoms with Gasteiger partial charge in [-0.2, -0.15) is 0 Å². The lowest BCUT2D eigenvalue weighted by Crippen LogP contribution is -2.28. The Morgan fingerprint density at radius 3 is 2.38 bits per heavy atom. The maximum absolute atomic E-state index is 6.25. The second kappa shape index (κ2) is 9.65. The van der Waals surface area contributed by atoms with Crippen LogP contribution in [0.1, 0.15) is 53.4 Å². The van der Waals surface area contributed by atoms with Gasteiger partial charge in [-0.3, -0.25) is 0 Å². The number of nitrogens with zero attached hydrogens (tertiary/aromatic N) is 1. The van der Waals surface area contributed by atoms with Gasteiger partial charge in [0.25, 0.3) is 0 Å². The molecular weight excluding hydrogens is 256 g/mol. The summed E-state index contributed by atoms with van der Waals surface area (Å²) in [4.78, 5) is 2.46. The minimum absolute atomic E-state index is 0.123. The minimum atomic E-state index is 0.123. The molecule has 2 heteroatoms. The first kappa shape index (κ1) is 17.8. The van der Waals surface area contributed by atoms with Crippen LogP contribution in [0, 0.1) is 5.92 Å². The molecule has 21 heavy (non-hydrogen) atoms. The second-order valence-electron chi connectivity index (χ2n) is 6.00. The Hall–Kier alpha value is -1.24. The lowest BCUT2D eigenvalue weighted by Gasteiger charge is -2.29. The van der Waals surface area contributed by atoms with Gasteiger partial charge in [0.05, 0.1) is 0 Å².